The van der Waals surface area contributed by atoms with Crippen LogP contribution in [0.15, 0.2) is 54.6 Å². The first kappa shape index (κ1) is 36.7. The van der Waals surface area contributed by atoms with Crippen molar-refractivity contribution in [1.29, 1.82) is 0 Å². The van der Waals surface area contributed by atoms with E-state index in [0.717, 1.165) is 5.39 Å². The minimum absolute atomic E-state index is 0.0627. The molecule has 3 aromatic rings. The topological polar surface area (TPSA) is 204 Å². The highest BCUT2D eigenvalue weighted by Crippen LogP contribution is 2.29. The normalized spacial score (nSPS) is 13.5. The van der Waals surface area contributed by atoms with Gasteiger partial charge in [-0.05, 0) is 48.7 Å². The first-order valence-electron chi connectivity index (χ1n) is 14.4. The average molecular weight is 677 g/mol. The minimum atomic E-state index is -5.08. The van der Waals surface area contributed by atoms with Crippen LogP contribution in [0.25, 0.3) is 22.0 Å². The third kappa shape index (κ3) is 9.63. The van der Waals surface area contributed by atoms with Crippen LogP contribution in [0.3, 0.4) is 0 Å². The van der Waals surface area contributed by atoms with E-state index in [2.05, 4.69) is 10.3 Å². The molecule has 1 aromatic heterocycles. The maximum absolute atomic E-state index is 13.1. The van der Waals surface area contributed by atoms with Gasteiger partial charge in [-0.25, -0.2) is 19.4 Å². The Labute approximate surface area is 270 Å². The fourth-order valence-corrected chi connectivity index (χ4v) is 4.67. The molecule has 4 rings (SSSR count). The molecule has 0 spiro atoms. The van der Waals surface area contributed by atoms with Crippen LogP contribution in [0.4, 0.5) is 18.0 Å². The number of ether oxygens (including phenoxy) is 1. The number of amides is 3. The molecule has 0 aliphatic carbocycles. The molecule has 0 bridgehead atoms. The van der Waals surface area contributed by atoms with Gasteiger partial charge in [0, 0.05) is 38.1 Å². The van der Waals surface area contributed by atoms with Gasteiger partial charge in [0.1, 0.15) is 11.6 Å². The number of aliphatic carboxylic acids is 2. The summed E-state index contributed by atoms with van der Waals surface area (Å²) in [7, 11) is 0. The van der Waals surface area contributed by atoms with Gasteiger partial charge in [0.15, 0.2) is 0 Å². The van der Waals surface area contributed by atoms with Crippen LogP contribution in [0.5, 0.6) is 0 Å². The molecule has 2 heterocycles. The second-order valence-electron chi connectivity index (χ2n) is 10.2. The summed E-state index contributed by atoms with van der Waals surface area (Å²) in [6.45, 7) is 2.67. The number of aromatic nitrogens is 1. The van der Waals surface area contributed by atoms with Crippen molar-refractivity contribution in [2.45, 2.75) is 19.5 Å². The second-order valence-corrected chi connectivity index (χ2v) is 10.2. The van der Waals surface area contributed by atoms with Gasteiger partial charge in [0.05, 0.1) is 17.7 Å². The van der Waals surface area contributed by atoms with Gasteiger partial charge in [-0.3, -0.25) is 14.4 Å². The van der Waals surface area contributed by atoms with Crippen LogP contribution in [-0.4, -0.2) is 111 Å². The highest BCUT2D eigenvalue weighted by Gasteiger charge is 2.38. The Kier molecular flexibility index (Phi) is 12.4. The molecule has 1 saturated heterocycles. The van der Waals surface area contributed by atoms with Crippen molar-refractivity contribution < 1.29 is 62.0 Å². The molecule has 0 saturated carbocycles. The molecule has 1 fully saturated rings. The van der Waals surface area contributed by atoms with E-state index in [9.17, 15) is 47.4 Å². The number of rotatable bonds is 9. The maximum Gasteiger partial charge on any atom is 0.490 e. The van der Waals surface area contributed by atoms with Crippen molar-refractivity contribution >= 4 is 46.7 Å². The van der Waals surface area contributed by atoms with Gasteiger partial charge in [0.2, 0.25) is 5.91 Å². The van der Waals surface area contributed by atoms with Crippen molar-refractivity contribution in [2.24, 2.45) is 5.92 Å². The molecule has 3 amide bonds. The van der Waals surface area contributed by atoms with Crippen LogP contribution in [-0.2, 0) is 19.1 Å². The van der Waals surface area contributed by atoms with Gasteiger partial charge in [-0.1, -0.05) is 30.3 Å². The predicted molar refractivity (Wildman–Crippen MR) is 161 cm³/mol. The minimum Gasteiger partial charge on any atom is -0.481 e. The molecule has 14 nitrogen and oxygen atoms in total. The molecule has 4 N–H and O–H groups in total. The Morgan fingerprint density at radius 1 is 0.917 bits per heavy atom. The SMILES string of the molecule is CCOC(=O)N1CCN(C(=O)C(CCNC(=O)c2cc(-c3cccc(C(=O)O)c3)c3ccccc3n2)C(=O)O)CC1.O=C(O)C(F)(F)F. The molecule has 0 radical (unpaired) electrons. The lowest BCUT2D eigenvalue weighted by Crippen LogP contribution is -2.53. The lowest BCUT2D eigenvalue weighted by Gasteiger charge is -2.35. The molecule has 1 atom stereocenters. The summed E-state index contributed by atoms with van der Waals surface area (Å²) < 4.78 is 36.7. The van der Waals surface area contributed by atoms with Gasteiger partial charge in [0.25, 0.3) is 5.91 Å². The van der Waals surface area contributed by atoms with Crippen molar-refractivity contribution in [3.8, 4) is 11.1 Å². The standard InChI is InChI=1S/C29H30N4O8.C2HF3O2/c1-2-41-29(40)33-14-12-32(13-15-33)26(35)21(28(38)39)10-11-30-25(34)24-17-22(20-8-3-4-9-23(20)31-24)18-6-5-7-19(16-18)27(36)37;3-2(4,5)1(6)7/h3-9,16-17,21H,2,10-15H2,1H3,(H,30,34)(H,36,37)(H,38,39);(H,6,7). The van der Waals surface area contributed by atoms with Crippen molar-refractivity contribution in [3.05, 3.63) is 65.9 Å². The molecule has 256 valence electrons. The smallest absolute Gasteiger partial charge is 0.481 e. The summed E-state index contributed by atoms with van der Waals surface area (Å²) >= 11 is 0. The number of hydrogen-bond acceptors (Lipinski definition) is 8. The van der Waals surface area contributed by atoms with E-state index in [-0.39, 0.29) is 57.0 Å². The van der Waals surface area contributed by atoms with Crippen molar-refractivity contribution in [1.82, 2.24) is 20.1 Å². The summed E-state index contributed by atoms with van der Waals surface area (Å²) in [6, 6.07) is 15.0. The Morgan fingerprint density at radius 3 is 2.12 bits per heavy atom. The van der Waals surface area contributed by atoms with Gasteiger partial charge in [-0.15, -0.1) is 0 Å². The van der Waals surface area contributed by atoms with E-state index in [1.807, 2.05) is 12.1 Å². The van der Waals surface area contributed by atoms with E-state index in [4.69, 9.17) is 14.6 Å². The first-order chi connectivity index (χ1) is 22.6. The Bertz CT molecular complexity index is 1690. The molecular weight excluding hydrogens is 645 g/mol. The lowest BCUT2D eigenvalue weighted by atomic mass is 9.98. The number of hydrogen-bond donors (Lipinski definition) is 4. The maximum atomic E-state index is 13.1. The van der Waals surface area contributed by atoms with Crippen LogP contribution in [0.1, 0.15) is 34.2 Å². The summed E-state index contributed by atoms with van der Waals surface area (Å²) in [4.78, 5) is 77.5. The highest BCUT2D eigenvalue weighted by molar-refractivity contribution is 6.02. The predicted octanol–water partition coefficient (Wildman–Crippen LogP) is 3.35. The monoisotopic (exact) mass is 676 g/mol. The van der Waals surface area contributed by atoms with Crippen LogP contribution < -0.4 is 5.32 Å². The number of carboxylic acid groups (broad SMARTS) is 3. The van der Waals surface area contributed by atoms with Crippen LogP contribution >= 0.6 is 0 Å². The number of fused-ring (bicyclic) bond motifs is 1. The number of nitrogens with one attached hydrogen (secondary N) is 1. The average Bonchev–Trinajstić information content (AvgIpc) is 3.05. The van der Waals surface area contributed by atoms with E-state index in [1.54, 1.807) is 37.3 Å². The molecule has 1 aliphatic rings. The molecular formula is C31H31F3N4O10. The number of alkyl halides is 3. The quantitative estimate of drug-likeness (QED) is 0.242. The van der Waals surface area contributed by atoms with E-state index in [0.29, 0.717) is 16.6 Å². The van der Waals surface area contributed by atoms with Gasteiger partial charge >= 0.3 is 30.2 Å². The van der Waals surface area contributed by atoms with E-state index >= 15 is 0 Å². The van der Waals surface area contributed by atoms with E-state index in [1.165, 1.54) is 21.9 Å². The molecule has 1 unspecified atom stereocenters. The lowest BCUT2D eigenvalue weighted by molar-refractivity contribution is -0.192. The number of carboxylic acids is 3. The number of carbonyl (C=O) groups is 6. The number of aromatic carboxylic acids is 1. The van der Waals surface area contributed by atoms with Gasteiger partial charge < -0.3 is 35.2 Å². The Hall–Kier alpha value is -5.74. The fraction of sp³-hybridized carbons (Fsp3) is 0.323. The third-order valence-electron chi connectivity index (χ3n) is 7.04. The number of carbonyl (C=O) groups excluding carboxylic acids is 3. The zero-order chi connectivity index (χ0) is 35.6. The van der Waals surface area contributed by atoms with Gasteiger partial charge in [-0.2, -0.15) is 13.2 Å². The number of pyridine rings is 1. The number of piperazine rings is 1. The van der Waals surface area contributed by atoms with Crippen molar-refractivity contribution in [2.75, 3.05) is 39.3 Å². The van der Waals surface area contributed by atoms with Crippen LogP contribution in [0, 0.1) is 5.92 Å². The molecule has 1 aliphatic heterocycles. The number of halogens is 3. The number of para-hydroxylation sites is 1. The summed E-state index contributed by atoms with van der Waals surface area (Å²) in [5, 5.41) is 29.6. The fourth-order valence-electron chi connectivity index (χ4n) is 4.67. The van der Waals surface area contributed by atoms with Crippen molar-refractivity contribution in [3.63, 3.8) is 0 Å². The van der Waals surface area contributed by atoms with Crippen LogP contribution in [0.2, 0.25) is 0 Å². The Balaban J connectivity index is 0.000000804. The highest BCUT2D eigenvalue weighted by atomic mass is 19.4. The molecule has 48 heavy (non-hydrogen) atoms. The number of benzene rings is 2. The molecule has 2 aromatic carbocycles. The zero-order valence-electron chi connectivity index (χ0n) is 25.4. The molecule has 17 heteroatoms. The second kappa shape index (κ2) is 16.2. The third-order valence-corrected chi connectivity index (χ3v) is 7.04. The largest absolute Gasteiger partial charge is 0.490 e. The summed E-state index contributed by atoms with van der Waals surface area (Å²) in [5.41, 5.74) is 1.90. The number of nitrogens with zero attached hydrogens (tertiary/aromatic N) is 3. The van der Waals surface area contributed by atoms with E-state index < -0.39 is 47.9 Å². The summed E-state index contributed by atoms with van der Waals surface area (Å²) in [6.07, 6.45) is -5.70. The zero-order valence-corrected chi connectivity index (χ0v) is 25.4. The first-order valence-corrected chi connectivity index (χ1v) is 14.4. The Morgan fingerprint density at radius 2 is 1.54 bits per heavy atom. The summed E-state index contributed by atoms with van der Waals surface area (Å²) in [5.74, 6) is -7.66.